The van der Waals surface area contributed by atoms with Gasteiger partial charge in [-0.05, 0) is 6.07 Å². The molecule has 0 bridgehead atoms. The Morgan fingerprint density at radius 1 is 1.57 bits per heavy atom. The summed E-state index contributed by atoms with van der Waals surface area (Å²) in [6.07, 6.45) is 1.39. The quantitative estimate of drug-likeness (QED) is 0.734. The number of sulfone groups is 1. The molecule has 0 aliphatic carbocycles. The van der Waals surface area contributed by atoms with Gasteiger partial charge >= 0.3 is 0 Å². The maximum absolute atomic E-state index is 11.5. The maximum Gasteiger partial charge on any atom is 0.214 e. The normalized spacial score (nSPS) is 11.3. The van der Waals surface area contributed by atoms with E-state index in [1.165, 1.54) is 25.4 Å². The van der Waals surface area contributed by atoms with Crippen molar-refractivity contribution in [3.63, 3.8) is 0 Å². The Morgan fingerprint density at radius 3 is 2.86 bits per heavy atom. The molecule has 0 aliphatic heterocycles. The fourth-order valence-electron chi connectivity index (χ4n) is 0.916. The van der Waals surface area contributed by atoms with Crippen LogP contribution in [0.25, 0.3) is 0 Å². The third kappa shape index (κ3) is 2.59. The molecule has 0 saturated heterocycles. The number of ether oxygens (including phenoxy) is 1. The first-order chi connectivity index (χ1) is 6.60. The number of rotatable bonds is 4. The van der Waals surface area contributed by atoms with Crippen LogP contribution in [0.1, 0.15) is 0 Å². The van der Waals surface area contributed by atoms with Gasteiger partial charge in [-0.2, -0.15) is 0 Å². The summed E-state index contributed by atoms with van der Waals surface area (Å²) in [6.45, 7) is 0. The van der Waals surface area contributed by atoms with Crippen molar-refractivity contribution in [3.05, 3.63) is 18.3 Å². The van der Waals surface area contributed by atoms with E-state index in [9.17, 15) is 8.42 Å². The lowest BCUT2D eigenvalue weighted by Crippen LogP contribution is -2.08. The summed E-state index contributed by atoms with van der Waals surface area (Å²) in [6, 6.07) is 2.80. The van der Waals surface area contributed by atoms with Crippen LogP contribution in [-0.4, -0.2) is 32.1 Å². The van der Waals surface area contributed by atoms with E-state index in [1.54, 1.807) is 0 Å². The third-order valence-electron chi connectivity index (χ3n) is 1.62. The smallest absolute Gasteiger partial charge is 0.214 e. The molecule has 0 unspecified atom stereocenters. The average molecular weight is 236 g/mol. The zero-order valence-electron chi connectivity index (χ0n) is 7.60. The molecule has 0 aliphatic rings. The summed E-state index contributed by atoms with van der Waals surface area (Å²) >= 11 is 5.38. The predicted molar refractivity (Wildman–Crippen MR) is 53.6 cm³/mol. The fraction of sp³-hybridized carbons (Fsp3) is 0.375. The van der Waals surface area contributed by atoms with Crippen molar-refractivity contribution in [1.82, 2.24) is 4.98 Å². The molecule has 0 N–H and O–H groups in total. The maximum atomic E-state index is 11.5. The van der Waals surface area contributed by atoms with Crippen LogP contribution in [-0.2, 0) is 9.84 Å². The summed E-state index contributed by atoms with van der Waals surface area (Å²) in [5.41, 5.74) is 0. The lowest BCUT2D eigenvalue weighted by Gasteiger charge is -2.03. The van der Waals surface area contributed by atoms with Crippen molar-refractivity contribution in [1.29, 1.82) is 0 Å². The molecule has 0 amide bonds. The van der Waals surface area contributed by atoms with Gasteiger partial charge in [-0.3, -0.25) is 0 Å². The Hall–Kier alpha value is -0.810. The second-order valence-electron chi connectivity index (χ2n) is 2.54. The minimum atomic E-state index is -3.29. The molecular weight excluding hydrogens is 226 g/mol. The highest BCUT2D eigenvalue weighted by atomic mass is 35.5. The number of halogens is 1. The molecule has 1 heterocycles. The number of nitrogens with zero attached hydrogens (tertiary/aromatic N) is 1. The zero-order chi connectivity index (χ0) is 10.6. The molecule has 4 nitrogen and oxygen atoms in total. The molecular formula is C8H10ClNO3S. The van der Waals surface area contributed by atoms with Crippen molar-refractivity contribution in [2.45, 2.75) is 4.90 Å². The molecule has 78 valence electrons. The van der Waals surface area contributed by atoms with E-state index >= 15 is 0 Å². The Kier molecular flexibility index (Phi) is 3.71. The highest BCUT2D eigenvalue weighted by Crippen LogP contribution is 2.15. The van der Waals surface area contributed by atoms with Gasteiger partial charge < -0.3 is 4.74 Å². The first kappa shape index (κ1) is 11.3. The van der Waals surface area contributed by atoms with E-state index in [0.717, 1.165) is 0 Å². The third-order valence-corrected chi connectivity index (χ3v) is 3.75. The van der Waals surface area contributed by atoms with Gasteiger partial charge in [-0.1, -0.05) is 0 Å². The fourth-order valence-corrected chi connectivity index (χ4v) is 2.51. The van der Waals surface area contributed by atoms with Crippen molar-refractivity contribution >= 4 is 21.4 Å². The van der Waals surface area contributed by atoms with E-state index in [2.05, 4.69) is 4.98 Å². The summed E-state index contributed by atoms with van der Waals surface area (Å²) in [5, 5.41) is 0. The van der Waals surface area contributed by atoms with Gasteiger partial charge in [-0.25, -0.2) is 13.4 Å². The number of alkyl halides is 1. The molecule has 0 fully saturated rings. The topological polar surface area (TPSA) is 56.3 Å². The van der Waals surface area contributed by atoms with E-state index in [-0.39, 0.29) is 22.4 Å². The van der Waals surface area contributed by atoms with Crippen molar-refractivity contribution in [2.24, 2.45) is 0 Å². The van der Waals surface area contributed by atoms with Gasteiger partial charge in [0, 0.05) is 18.1 Å². The summed E-state index contributed by atoms with van der Waals surface area (Å²) in [5.74, 6) is 0.273. The molecule has 6 heteroatoms. The zero-order valence-corrected chi connectivity index (χ0v) is 9.18. The molecule has 0 atom stereocenters. The van der Waals surface area contributed by atoms with E-state index in [0.29, 0.717) is 0 Å². The number of methoxy groups -OCH3 is 1. The lowest BCUT2D eigenvalue weighted by molar-refractivity contribution is 0.396. The number of hydrogen-bond acceptors (Lipinski definition) is 4. The SMILES string of the molecule is COc1cc(S(=O)(=O)CCCl)ccn1. The van der Waals surface area contributed by atoms with Crippen LogP contribution in [0.4, 0.5) is 0 Å². The van der Waals surface area contributed by atoms with E-state index < -0.39 is 9.84 Å². The lowest BCUT2D eigenvalue weighted by atomic mass is 10.5. The Balaban J connectivity index is 3.07. The first-order valence-electron chi connectivity index (χ1n) is 3.89. The molecule has 0 aromatic carbocycles. The summed E-state index contributed by atoms with van der Waals surface area (Å²) in [7, 11) is -1.86. The van der Waals surface area contributed by atoms with E-state index in [4.69, 9.17) is 16.3 Å². The minimum absolute atomic E-state index is 0.0764. The van der Waals surface area contributed by atoms with Gasteiger partial charge in [-0.15, -0.1) is 11.6 Å². The summed E-state index contributed by atoms with van der Waals surface area (Å²) in [4.78, 5) is 4.00. The van der Waals surface area contributed by atoms with Gasteiger partial charge in [0.25, 0.3) is 0 Å². The molecule has 14 heavy (non-hydrogen) atoms. The van der Waals surface area contributed by atoms with Crippen LogP contribution in [0.2, 0.25) is 0 Å². The monoisotopic (exact) mass is 235 g/mol. The van der Waals surface area contributed by atoms with Crippen molar-refractivity contribution < 1.29 is 13.2 Å². The second-order valence-corrected chi connectivity index (χ2v) is 5.03. The first-order valence-corrected chi connectivity index (χ1v) is 6.07. The van der Waals surface area contributed by atoms with Crippen molar-refractivity contribution in [3.8, 4) is 5.88 Å². The van der Waals surface area contributed by atoms with Crippen LogP contribution >= 0.6 is 11.6 Å². The molecule has 1 aromatic heterocycles. The standard InChI is InChI=1S/C8H10ClNO3S/c1-13-8-6-7(2-4-10-8)14(11,12)5-3-9/h2,4,6H,3,5H2,1H3. The van der Waals surface area contributed by atoms with Crippen LogP contribution in [0.5, 0.6) is 5.88 Å². The second kappa shape index (κ2) is 4.61. The largest absolute Gasteiger partial charge is 0.481 e. The van der Waals surface area contributed by atoms with Gasteiger partial charge in [0.15, 0.2) is 9.84 Å². The summed E-state index contributed by atoms with van der Waals surface area (Å²) < 4.78 is 27.9. The Labute approximate surface area is 87.8 Å². The molecule has 0 radical (unpaired) electrons. The van der Waals surface area contributed by atoms with Crippen LogP contribution < -0.4 is 4.74 Å². The van der Waals surface area contributed by atoms with Crippen molar-refractivity contribution in [2.75, 3.05) is 18.7 Å². The van der Waals surface area contributed by atoms with E-state index in [1.807, 2.05) is 0 Å². The average Bonchev–Trinajstić information content (AvgIpc) is 2.18. The molecule has 1 aromatic rings. The van der Waals surface area contributed by atoms with Crippen LogP contribution in [0, 0.1) is 0 Å². The minimum Gasteiger partial charge on any atom is -0.481 e. The van der Waals surface area contributed by atoms with Crippen LogP contribution in [0.15, 0.2) is 23.2 Å². The number of pyridine rings is 1. The number of aromatic nitrogens is 1. The Bertz CT molecular complexity index is 405. The molecule has 0 spiro atoms. The van der Waals surface area contributed by atoms with Crippen LogP contribution in [0.3, 0.4) is 0 Å². The highest BCUT2D eigenvalue weighted by molar-refractivity contribution is 7.91. The van der Waals surface area contributed by atoms with Gasteiger partial charge in [0.1, 0.15) is 0 Å². The molecule has 1 rings (SSSR count). The predicted octanol–water partition coefficient (Wildman–Crippen LogP) is 1.10. The van der Waals surface area contributed by atoms with Gasteiger partial charge in [0.05, 0.1) is 17.8 Å². The highest BCUT2D eigenvalue weighted by Gasteiger charge is 2.14. The molecule has 0 saturated carbocycles. The van der Waals surface area contributed by atoms with Gasteiger partial charge in [0.2, 0.25) is 5.88 Å². The Morgan fingerprint density at radius 2 is 2.29 bits per heavy atom. The number of hydrogen-bond donors (Lipinski definition) is 0.